The maximum atomic E-state index is 14.1. The molecule has 0 radical (unpaired) electrons. The third-order valence-electron chi connectivity index (χ3n) is 25.6. The number of amides is 3. The van der Waals surface area contributed by atoms with Gasteiger partial charge in [-0.25, -0.2) is 9.59 Å². The summed E-state index contributed by atoms with van der Waals surface area (Å²) in [6.45, 7) is -0.593. The fraction of sp³-hybridized carbons (Fsp3) is 0.911. The Morgan fingerprint density at radius 2 is 0.780 bits per heavy atom. The molecule has 6 rings (SSSR count). The van der Waals surface area contributed by atoms with Crippen LogP contribution in [0.3, 0.4) is 0 Å². The lowest BCUT2D eigenvalue weighted by Crippen LogP contribution is -2.71. The van der Waals surface area contributed by atoms with Gasteiger partial charge in [-0.05, 0) is 26.2 Å². The van der Waals surface area contributed by atoms with Crippen LogP contribution in [0.15, 0.2) is 12.2 Å². The van der Waals surface area contributed by atoms with Gasteiger partial charge < -0.3 is 185 Å². The average molecular weight is 1910 g/mol. The molecule has 42 nitrogen and oxygen atoms in total. The zero-order chi connectivity index (χ0) is 97.4. The molecule has 34 atom stereocenters. The molecule has 6 heterocycles. The second-order valence-electron chi connectivity index (χ2n) is 36.4. The van der Waals surface area contributed by atoms with Crippen LogP contribution in [-0.4, -0.2) is 390 Å². The summed E-state index contributed by atoms with van der Waals surface area (Å²) in [5, 5.41) is 245. The van der Waals surface area contributed by atoms with Crippen LogP contribution in [0.1, 0.15) is 266 Å². The van der Waals surface area contributed by atoms with E-state index in [1.54, 1.807) is 6.08 Å². The van der Waals surface area contributed by atoms with Gasteiger partial charge in [0.1, 0.15) is 128 Å². The number of hydrogen-bond donors (Lipinski definition) is 24. The van der Waals surface area contributed by atoms with Crippen LogP contribution >= 0.6 is 0 Å². The number of Topliss-reactive ketones (excluding diaryl/α,β-unsaturated/α-hetero) is 1. The second kappa shape index (κ2) is 60.5. The van der Waals surface area contributed by atoms with E-state index in [0.717, 1.165) is 85.0 Å². The molecule has 2 unspecified atom stereocenters. The molecule has 6 saturated heterocycles. The maximum absolute atomic E-state index is 14.1. The predicted octanol–water partition coefficient (Wildman–Crippen LogP) is -0.828. The quantitative estimate of drug-likeness (QED) is 0.0261. The standard InChI is InChI=1S/C90H159N3O39/c1-6-8-10-12-14-16-18-20-21-22-23-24-25-26-28-30-32-34-36-38-40-65(108)93-55(56(103)39-37-35-33-31-29-27-19-17-15-13-11-9-7-2)50-121-84-73(114)72(113)77(63(48-98)124-84)127-86-75(116)82(132-90(88(119)120)43-58(105)67(92-53(5)102)80(130-90)69(110)60(107)45-95)78(64(49-99)125-86)128-83-54(41-51(3)100)76(70(111)61(46-96)122-83)126-85-74(115)81(71(112)62(47-97)123-85)131-89(87(117)118)42-57(104)66(91-52(4)101)79(129-89)68(109)59(106)44-94/h37,39,54-64,66-86,94-99,103-107,109-116H,6-36,38,40-50H2,1-5H3,(H,91,101)(H,92,102)(H,93,108)(H,117,118)(H,119,120)/b39-37+/t54-,55+,56-,57+,58+,59-,60-,61-,62-,63-,64-,66-,67-,68-,69-,70+,71+,72-,73-,74-,75-,76-,77-,78+,79?,80?,81+,82-,83+,84-,85+,86+,89+,90+/m1/s1. The number of carbonyl (C=O) groups excluding carboxylic acids is 4. The normalized spacial score (nSPS) is 34.3. The number of aliphatic carboxylic acids is 2. The van der Waals surface area contributed by atoms with Crippen LogP contribution in [-0.2, 0) is 85.6 Å². The minimum Gasteiger partial charge on any atom is -0.477 e. The Labute approximate surface area is 772 Å². The van der Waals surface area contributed by atoms with Crippen LogP contribution < -0.4 is 16.0 Å². The number of aliphatic hydroxyl groups is 19. The van der Waals surface area contributed by atoms with Crippen molar-refractivity contribution in [3.8, 4) is 0 Å². The molecule has 0 saturated carbocycles. The van der Waals surface area contributed by atoms with Crippen molar-refractivity contribution >= 4 is 35.4 Å². The smallest absolute Gasteiger partial charge is 0.364 e. The molecule has 24 N–H and O–H groups in total. The summed E-state index contributed by atoms with van der Waals surface area (Å²) in [5.74, 6) is -16.1. The molecule has 768 valence electrons. The number of hydrogen-bond acceptors (Lipinski definition) is 37. The van der Waals surface area contributed by atoms with Crippen molar-refractivity contribution in [3.63, 3.8) is 0 Å². The van der Waals surface area contributed by atoms with E-state index in [1.165, 1.54) is 134 Å². The summed E-state index contributed by atoms with van der Waals surface area (Å²) < 4.78 is 72.8. The molecule has 0 aromatic heterocycles. The van der Waals surface area contributed by atoms with E-state index in [1.807, 2.05) is 0 Å². The van der Waals surface area contributed by atoms with Crippen LogP contribution in [0, 0.1) is 5.92 Å². The summed E-state index contributed by atoms with van der Waals surface area (Å²) >= 11 is 0. The highest BCUT2D eigenvalue weighted by molar-refractivity contribution is 5.78. The van der Waals surface area contributed by atoms with Gasteiger partial charge in [-0.3, -0.25) is 14.4 Å². The predicted molar refractivity (Wildman–Crippen MR) is 464 cm³/mol. The van der Waals surface area contributed by atoms with Crippen molar-refractivity contribution in [2.24, 2.45) is 5.92 Å². The Morgan fingerprint density at radius 3 is 1.19 bits per heavy atom. The first kappa shape index (κ1) is 116. The number of ether oxygens (including phenoxy) is 12. The van der Waals surface area contributed by atoms with Crippen molar-refractivity contribution < 1.29 is 193 Å². The monoisotopic (exact) mass is 1910 g/mol. The first-order valence-corrected chi connectivity index (χ1v) is 47.9. The highest BCUT2D eigenvalue weighted by Gasteiger charge is 2.64. The van der Waals surface area contributed by atoms with Gasteiger partial charge in [-0.15, -0.1) is 0 Å². The summed E-state index contributed by atoms with van der Waals surface area (Å²) in [6, 6.07) is -4.77. The van der Waals surface area contributed by atoms with E-state index in [0.29, 0.717) is 12.8 Å². The molecule has 0 aliphatic carbocycles. The van der Waals surface area contributed by atoms with Crippen LogP contribution in [0.2, 0.25) is 0 Å². The summed E-state index contributed by atoms with van der Waals surface area (Å²) in [6.07, 6.45) is -25.5. The van der Waals surface area contributed by atoms with Gasteiger partial charge in [0.2, 0.25) is 17.7 Å². The Kier molecular flexibility index (Phi) is 53.3. The zero-order valence-corrected chi connectivity index (χ0v) is 77.3. The molecule has 0 aromatic carbocycles. The minimum atomic E-state index is -3.48. The molecule has 0 aromatic rings. The molecule has 42 heteroatoms. The number of carbonyl (C=O) groups is 6. The summed E-state index contributed by atoms with van der Waals surface area (Å²) in [4.78, 5) is 79.9. The van der Waals surface area contributed by atoms with Gasteiger partial charge in [0.15, 0.2) is 25.2 Å². The zero-order valence-electron chi connectivity index (χ0n) is 77.3. The number of carboxylic acids is 2. The Balaban J connectivity index is 1.26. The van der Waals surface area contributed by atoms with E-state index >= 15 is 0 Å². The van der Waals surface area contributed by atoms with E-state index in [2.05, 4.69) is 29.8 Å². The van der Waals surface area contributed by atoms with E-state index in [-0.39, 0.29) is 6.42 Å². The number of unbranched alkanes of at least 4 members (excludes halogenated alkanes) is 30. The fourth-order valence-corrected chi connectivity index (χ4v) is 18.0. The molecule has 0 spiro atoms. The molecule has 6 fully saturated rings. The molecule has 6 aliphatic heterocycles. The van der Waals surface area contributed by atoms with Gasteiger partial charge in [-0.1, -0.05) is 212 Å². The largest absolute Gasteiger partial charge is 0.477 e. The third kappa shape index (κ3) is 35.1. The SMILES string of the molecule is CCCCCCCCCCCCC/C=C/[C@@H](O)[C@H](CO[C@@H]1O[C@H](CO)[C@@H](O[C@@H]2O[C@H](CO)[C@H](O[C@@H]3O[C@H](CO)[C@H](O)[C@H](O[C@@H]4O[C@H](CO)[C@H](O)[C@H](O[C@]5(C(=O)O)C[C@H](O)[C@@H](NC(C)=O)C([C@H](O)[C@H](O)CO)O5)[C@H]4O)[C@H]3CC(C)=O)[C@H](O[C@]3(C(=O)O)C[C@H](O)[C@@H](NC(C)=O)C([C@H](O)[C@H](O)CO)O3)[C@H]2O)[C@H](O)[C@H]1O)NC(=O)CCCCCCCCCCCCCCCCCCCCCC. The lowest BCUT2D eigenvalue weighted by molar-refractivity contribution is -0.408. The highest BCUT2D eigenvalue weighted by Crippen LogP contribution is 2.44. The van der Waals surface area contributed by atoms with Gasteiger partial charge >= 0.3 is 11.9 Å². The number of carboxylic acid groups (broad SMARTS) is 2. The average Bonchev–Trinajstić information content (AvgIpc) is 0.750. The van der Waals surface area contributed by atoms with Crippen molar-refractivity contribution in [2.45, 2.75) is 467 Å². The van der Waals surface area contributed by atoms with Crippen molar-refractivity contribution in [2.75, 3.05) is 46.2 Å². The highest BCUT2D eigenvalue weighted by atomic mass is 16.8. The first-order valence-electron chi connectivity index (χ1n) is 47.9. The van der Waals surface area contributed by atoms with Gasteiger partial charge in [0, 0.05) is 45.4 Å². The first-order chi connectivity index (χ1) is 63.1. The van der Waals surface area contributed by atoms with Gasteiger partial charge in [-0.2, -0.15) is 0 Å². The van der Waals surface area contributed by atoms with Crippen LogP contribution in [0.5, 0.6) is 0 Å². The number of ketones is 1. The van der Waals surface area contributed by atoms with E-state index in [9.17, 15) is 136 Å². The van der Waals surface area contributed by atoms with Crippen molar-refractivity contribution in [1.29, 1.82) is 0 Å². The summed E-state index contributed by atoms with van der Waals surface area (Å²) in [5.41, 5.74) is 0. The Bertz CT molecular complexity index is 3290. The van der Waals surface area contributed by atoms with Gasteiger partial charge in [0.05, 0.1) is 88.8 Å². The molecular weight excluding hydrogens is 1750 g/mol. The third-order valence-corrected chi connectivity index (χ3v) is 25.6. The van der Waals surface area contributed by atoms with Crippen LogP contribution in [0.4, 0.5) is 0 Å². The minimum absolute atomic E-state index is 0.0987. The van der Waals surface area contributed by atoms with Gasteiger partial charge in [0.25, 0.3) is 11.6 Å². The number of rotatable bonds is 65. The second-order valence-corrected chi connectivity index (χ2v) is 36.4. The van der Waals surface area contributed by atoms with Crippen molar-refractivity contribution in [3.05, 3.63) is 12.2 Å². The molecule has 0 bridgehead atoms. The van der Waals surface area contributed by atoms with Crippen molar-refractivity contribution in [1.82, 2.24) is 16.0 Å². The molecule has 6 aliphatic rings. The number of allylic oxidation sites excluding steroid dienone is 1. The maximum Gasteiger partial charge on any atom is 0.364 e. The molecule has 132 heavy (non-hydrogen) atoms. The number of nitrogens with one attached hydrogen (secondary N) is 3. The van der Waals surface area contributed by atoms with E-state index in [4.69, 9.17) is 56.8 Å². The fourth-order valence-electron chi connectivity index (χ4n) is 18.0. The lowest BCUT2D eigenvalue weighted by Gasteiger charge is -2.53. The topological polar surface area (TPSA) is 674 Å². The lowest BCUT2D eigenvalue weighted by atomic mass is 9.86. The molecular formula is C90H159N3O39. The number of aliphatic hydroxyl groups excluding tert-OH is 19. The van der Waals surface area contributed by atoms with Crippen LogP contribution in [0.25, 0.3) is 0 Å². The Morgan fingerprint density at radius 1 is 0.417 bits per heavy atom. The summed E-state index contributed by atoms with van der Waals surface area (Å²) in [7, 11) is 0. The van der Waals surface area contributed by atoms with E-state index < -0.39 is 308 Å². The molecule has 3 amide bonds. The Hall–Kier alpha value is -4.48.